The Morgan fingerprint density at radius 1 is 1.45 bits per heavy atom. The normalized spacial score (nSPS) is 19.2. The second-order valence-corrected chi connectivity index (χ2v) is 6.02. The first-order valence-corrected chi connectivity index (χ1v) is 7.65. The molecule has 106 valence electrons. The number of aryl methyl sites for hydroxylation is 1. The Morgan fingerprint density at radius 3 is 3.00 bits per heavy atom. The summed E-state index contributed by atoms with van der Waals surface area (Å²) in [6.45, 7) is 2.04. The molecule has 0 aliphatic carbocycles. The average molecular weight is 338 g/mol. The van der Waals surface area contributed by atoms with E-state index in [4.69, 9.17) is 0 Å². The third kappa shape index (κ3) is 2.52. The van der Waals surface area contributed by atoms with Crippen molar-refractivity contribution in [2.45, 2.75) is 18.8 Å². The van der Waals surface area contributed by atoms with Crippen LogP contribution in [-0.2, 0) is 7.05 Å². The van der Waals surface area contributed by atoms with Crippen molar-refractivity contribution in [3.8, 4) is 11.3 Å². The van der Waals surface area contributed by atoms with Crippen LogP contribution in [0.4, 0.5) is 4.39 Å². The number of piperidine rings is 1. The van der Waals surface area contributed by atoms with Crippen LogP contribution in [0.15, 0.2) is 28.7 Å². The lowest BCUT2D eigenvalue weighted by Gasteiger charge is -2.21. The number of nitrogens with one attached hydrogen (secondary N) is 1. The lowest BCUT2D eigenvalue weighted by Crippen LogP contribution is -2.28. The zero-order valence-corrected chi connectivity index (χ0v) is 13.0. The maximum absolute atomic E-state index is 13.4. The maximum atomic E-state index is 13.4. The van der Waals surface area contributed by atoms with Crippen LogP contribution < -0.4 is 5.32 Å². The molecule has 2 heterocycles. The first kappa shape index (κ1) is 13.8. The molecular formula is C15H17BrFN3. The fourth-order valence-corrected chi connectivity index (χ4v) is 3.70. The molecule has 3 nitrogen and oxygen atoms in total. The SMILES string of the molecule is Cn1nc(C2CCCNC2)c(Br)c1-c1cccc(F)c1. The Bertz CT molecular complexity index is 618. The summed E-state index contributed by atoms with van der Waals surface area (Å²) in [5.41, 5.74) is 2.85. The number of benzene rings is 1. The van der Waals surface area contributed by atoms with Gasteiger partial charge in [0.25, 0.3) is 0 Å². The molecule has 3 rings (SSSR count). The minimum absolute atomic E-state index is 0.225. The van der Waals surface area contributed by atoms with Crippen molar-refractivity contribution in [3.63, 3.8) is 0 Å². The highest BCUT2D eigenvalue weighted by Crippen LogP contribution is 2.36. The second kappa shape index (κ2) is 5.66. The third-order valence-corrected chi connectivity index (χ3v) is 4.58. The number of rotatable bonds is 2. The van der Waals surface area contributed by atoms with Gasteiger partial charge in [-0.25, -0.2) is 4.39 Å². The minimum atomic E-state index is -0.225. The van der Waals surface area contributed by atoms with Gasteiger partial charge in [0.05, 0.1) is 15.9 Å². The van der Waals surface area contributed by atoms with Crippen molar-refractivity contribution in [1.82, 2.24) is 15.1 Å². The molecule has 1 saturated heterocycles. The first-order valence-electron chi connectivity index (χ1n) is 6.86. The predicted molar refractivity (Wildman–Crippen MR) is 81.1 cm³/mol. The van der Waals surface area contributed by atoms with Crippen LogP contribution in [0, 0.1) is 5.82 Å². The Balaban J connectivity index is 2.02. The van der Waals surface area contributed by atoms with Gasteiger partial charge in [-0.1, -0.05) is 12.1 Å². The molecule has 0 amide bonds. The van der Waals surface area contributed by atoms with Crippen LogP contribution >= 0.6 is 15.9 Å². The fourth-order valence-electron chi connectivity index (χ4n) is 2.81. The van der Waals surface area contributed by atoms with E-state index in [9.17, 15) is 4.39 Å². The monoisotopic (exact) mass is 337 g/mol. The first-order chi connectivity index (χ1) is 9.66. The number of nitrogens with zero attached hydrogens (tertiary/aromatic N) is 2. The zero-order valence-electron chi connectivity index (χ0n) is 11.4. The molecule has 1 aromatic carbocycles. The summed E-state index contributed by atoms with van der Waals surface area (Å²) in [7, 11) is 1.91. The van der Waals surface area contributed by atoms with Crippen molar-refractivity contribution in [2.75, 3.05) is 13.1 Å². The van der Waals surface area contributed by atoms with Gasteiger partial charge in [-0.2, -0.15) is 5.10 Å². The molecule has 1 N–H and O–H groups in total. The molecule has 2 aromatic rings. The highest BCUT2D eigenvalue weighted by molar-refractivity contribution is 9.10. The van der Waals surface area contributed by atoms with E-state index in [0.29, 0.717) is 5.92 Å². The molecule has 1 aliphatic rings. The average Bonchev–Trinajstić information content (AvgIpc) is 2.75. The van der Waals surface area contributed by atoms with E-state index >= 15 is 0 Å². The summed E-state index contributed by atoms with van der Waals surface area (Å²) in [5.74, 6) is 0.197. The van der Waals surface area contributed by atoms with E-state index in [0.717, 1.165) is 40.9 Å². The van der Waals surface area contributed by atoms with Crippen molar-refractivity contribution in [2.24, 2.45) is 7.05 Å². The molecular weight excluding hydrogens is 321 g/mol. The van der Waals surface area contributed by atoms with Crippen molar-refractivity contribution >= 4 is 15.9 Å². The smallest absolute Gasteiger partial charge is 0.123 e. The van der Waals surface area contributed by atoms with Gasteiger partial charge >= 0.3 is 0 Å². The lowest BCUT2D eigenvalue weighted by atomic mass is 9.96. The summed E-state index contributed by atoms with van der Waals surface area (Å²) >= 11 is 3.67. The Labute approximate surface area is 126 Å². The van der Waals surface area contributed by atoms with Gasteiger partial charge < -0.3 is 5.32 Å². The van der Waals surface area contributed by atoms with Gasteiger partial charge in [-0.05, 0) is 47.4 Å². The zero-order chi connectivity index (χ0) is 14.1. The largest absolute Gasteiger partial charge is 0.316 e. The summed E-state index contributed by atoms with van der Waals surface area (Å²) in [5, 5.41) is 8.06. The van der Waals surface area contributed by atoms with Gasteiger partial charge in [-0.3, -0.25) is 4.68 Å². The minimum Gasteiger partial charge on any atom is -0.316 e. The number of halogens is 2. The van der Waals surface area contributed by atoms with Crippen molar-refractivity contribution in [1.29, 1.82) is 0 Å². The predicted octanol–water partition coefficient (Wildman–Crippen LogP) is 3.46. The molecule has 0 bridgehead atoms. The van der Waals surface area contributed by atoms with E-state index in [1.807, 2.05) is 17.8 Å². The molecule has 1 aliphatic heterocycles. The molecule has 1 aromatic heterocycles. The maximum Gasteiger partial charge on any atom is 0.123 e. The number of hydrogen-bond donors (Lipinski definition) is 1. The van der Waals surface area contributed by atoms with E-state index in [-0.39, 0.29) is 5.82 Å². The fraction of sp³-hybridized carbons (Fsp3) is 0.400. The van der Waals surface area contributed by atoms with Gasteiger partial charge in [0.1, 0.15) is 5.82 Å². The van der Waals surface area contributed by atoms with E-state index in [2.05, 4.69) is 26.3 Å². The summed E-state index contributed by atoms with van der Waals surface area (Å²) in [6, 6.07) is 6.64. The van der Waals surface area contributed by atoms with E-state index < -0.39 is 0 Å². The molecule has 0 spiro atoms. The van der Waals surface area contributed by atoms with E-state index in [1.54, 1.807) is 12.1 Å². The quantitative estimate of drug-likeness (QED) is 0.909. The van der Waals surface area contributed by atoms with Gasteiger partial charge in [-0.15, -0.1) is 0 Å². The van der Waals surface area contributed by atoms with Gasteiger partial charge in [0.15, 0.2) is 0 Å². The molecule has 5 heteroatoms. The number of hydrogen-bond acceptors (Lipinski definition) is 2. The molecule has 1 fully saturated rings. The number of aromatic nitrogens is 2. The Kier molecular flexibility index (Phi) is 3.89. The Hall–Kier alpha value is -1.20. The van der Waals surface area contributed by atoms with Crippen molar-refractivity contribution in [3.05, 3.63) is 40.2 Å². The standard InChI is InChI=1S/C15H17BrFN3/c1-20-15(10-4-2-6-12(17)8-10)13(16)14(19-20)11-5-3-7-18-9-11/h2,4,6,8,11,18H,3,5,7,9H2,1H3. The topological polar surface area (TPSA) is 29.9 Å². The van der Waals surface area contributed by atoms with Crippen LogP contribution in [0.25, 0.3) is 11.3 Å². The van der Waals surface area contributed by atoms with Gasteiger partial charge in [0, 0.05) is 25.1 Å². The van der Waals surface area contributed by atoms with Crippen LogP contribution in [0.1, 0.15) is 24.5 Å². The Morgan fingerprint density at radius 2 is 2.30 bits per heavy atom. The summed E-state index contributed by atoms with van der Waals surface area (Å²) < 4.78 is 16.2. The summed E-state index contributed by atoms with van der Waals surface area (Å²) in [6.07, 6.45) is 2.31. The van der Waals surface area contributed by atoms with Crippen LogP contribution in [0.3, 0.4) is 0 Å². The molecule has 1 atom stereocenters. The third-order valence-electron chi connectivity index (χ3n) is 3.80. The molecule has 1 unspecified atom stereocenters. The van der Waals surface area contributed by atoms with Gasteiger partial charge in [0.2, 0.25) is 0 Å². The lowest BCUT2D eigenvalue weighted by molar-refractivity contribution is 0.450. The second-order valence-electron chi connectivity index (χ2n) is 5.23. The highest BCUT2D eigenvalue weighted by Gasteiger charge is 2.24. The molecule has 20 heavy (non-hydrogen) atoms. The molecule has 0 radical (unpaired) electrons. The van der Waals surface area contributed by atoms with Crippen LogP contribution in [-0.4, -0.2) is 22.9 Å². The summed E-state index contributed by atoms with van der Waals surface area (Å²) in [4.78, 5) is 0. The molecule has 0 saturated carbocycles. The van der Waals surface area contributed by atoms with Crippen molar-refractivity contribution < 1.29 is 4.39 Å². The highest BCUT2D eigenvalue weighted by atomic mass is 79.9. The van der Waals surface area contributed by atoms with Crippen LogP contribution in [0.2, 0.25) is 0 Å². The van der Waals surface area contributed by atoms with Crippen LogP contribution in [0.5, 0.6) is 0 Å². The van der Waals surface area contributed by atoms with E-state index in [1.165, 1.54) is 12.5 Å².